The van der Waals surface area contributed by atoms with Crippen molar-refractivity contribution in [1.82, 2.24) is 10.6 Å². The third-order valence-corrected chi connectivity index (χ3v) is 3.86. The molecule has 2 rings (SSSR count). The molecule has 0 unspecified atom stereocenters. The molecule has 0 aliphatic carbocycles. The first-order valence-electron chi connectivity index (χ1n) is 9.22. The lowest BCUT2D eigenvalue weighted by Crippen LogP contribution is -2.37. The molecule has 0 saturated carbocycles. The van der Waals surface area contributed by atoms with Crippen LogP contribution in [0, 0.1) is 5.82 Å². The van der Waals surface area contributed by atoms with Crippen LogP contribution in [0.4, 0.5) is 4.39 Å². The van der Waals surface area contributed by atoms with Crippen LogP contribution in [0.15, 0.2) is 42.5 Å². The zero-order valence-corrected chi connectivity index (χ0v) is 16.1. The monoisotopic (exact) mass is 388 g/mol. The minimum atomic E-state index is -0.377. The number of carbonyl (C=O) groups excluding carboxylic acids is 2. The quantitative estimate of drug-likeness (QED) is 0.656. The Kier molecular flexibility index (Phi) is 8.27. The van der Waals surface area contributed by atoms with Gasteiger partial charge in [-0.3, -0.25) is 9.59 Å². The fourth-order valence-electron chi connectivity index (χ4n) is 2.51. The van der Waals surface area contributed by atoms with E-state index >= 15 is 0 Å². The van der Waals surface area contributed by atoms with E-state index < -0.39 is 0 Å². The molecule has 150 valence electrons. The maximum Gasteiger partial charge on any atom is 0.251 e. The van der Waals surface area contributed by atoms with Crippen LogP contribution in [-0.2, 0) is 11.2 Å². The predicted octanol–water partition coefficient (Wildman–Crippen LogP) is 2.71. The van der Waals surface area contributed by atoms with Crippen LogP contribution < -0.4 is 20.1 Å². The van der Waals surface area contributed by atoms with Crippen molar-refractivity contribution in [3.63, 3.8) is 0 Å². The van der Waals surface area contributed by atoms with Crippen molar-refractivity contribution in [2.24, 2.45) is 0 Å². The second-order valence-corrected chi connectivity index (χ2v) is 5.94. The summed E-state index contributed by atoms with van der Waals surface area (Å²) in [6.07, 6.45) is 0.580. The van der Waals surface area contributed by atoms with Gasteiger partial charge in [-0.25, -0.2) is 4.39 Å². The highest BCUT2D eigenvalue weighted by atomic mass is 19.1. The Bertz CT molecular complexity index is 793. The molecule has 0 heterocycles. The fourth-order valence-corrected chi connectivity index (χ4v) is 2.51. The van der Waals surface area contributed by atoms with Crippen molar-refractivity contribution in [2.75, 3.05) is 26.3 Å². The molecule has 7 heteroatoms. The van der Waals surface area contributed by atoms with Crippen LogP contribution in [0.3, 0.4) is 0 Å². The Hall–Kier alpha value is -3.09. The van der Waals surface area contributed by atoms with Gasteiger partial charge in [0.05, 0.1) is 19.8 Å². The van der Waals surface area contributed by atoms with E-state index in [4.69, 9.17) is 9.47 Å². The number of carbonyl (C=O) groups is 2. The lowest BCUT2D eigenvalue weighted by Gasteiger charge is -2.12. The summed E-state index contributed by atoms with van der Waals surface area (Å²) < 4.78 is 23.8. The van der Waals surface area contributed by atoms with E-state index in [1.807, 2.05) is 13.8 Å². The summed E-state index contributed by atoms with van der Waals surface area (Å²) in [5, 5.41) is 5.30. The summed E-state index contributed by atoms with van der Waals surface area (Å²) >= 11 is 0. The molecular formula is C21H25FN2O4. The van der Waals surface area contributed by atoms with Crippen LogP contribution in [-0.4, -0.2) is 38.1 Å². The average molecular weight is 388 g/mol. The molecule has 2 N–H and O–H groups in total. The van der Waals surface area contributed by atoms with E-state index in [0.29, 0.717) is 43.2 Å². The van der Waals surface area contributed by atoms with Gasteiger partial charge < -0.3 is 20.1 Å². The second kappa shape index (κ2) is 10.9. The van der Waals surface area contributed by atoms with Gasteiger partial charge in [0, 0.05) is 12.1 Å². The molecule has 0 aliphatic rings. The number of amides is 2. The number of benzene rings is 2. The molecule has 0 aromatic heterocycles. The fraction of sp³-hybridized carbons (Fsp3) is 0.333. The summed E-state index contributed by atoms with van der Waals surface area (Å²) in [5.41, 5.74) is 1.30. The summed E-state index contributed by atoms with van der Waals surface area (Å²) in [6, 6.07) is 11.0. The van der Waals surface area contributed by atoms with Gasteiger partial charge in [-0.1, -0.05) is 12.1 Å². The van der Waals surface area contributed by atoms with Crippen LogP contribution in [0.2, 0.25) is 0 Å². The highest BCUT2D eigenvalue weighted by Crippen LogP contribution is 2.28. The van der Waals surface area contributed by atoms with Gasteiger partial charge in [0.25, 0.3) is 5.91 Å². The Morgan fingerprint density at radius 3 is 2.29 bits per heavy atom. The van der Waals surface area contributed by atoms with E-state index in [2.05, 4.69) is 10.6 Å². The van der Waals surface area contributed by atoms with E-state index in [1.54, 1.807) is 30.3 Å². The highest BCUT2D eigenvalue weighted by molar-refractivity contribution is 5.97. The number of hydrogen-bond acceptors (Lipinski definition) is 4. The molecule has 0 fully saturated rings. The third kappa shape index (κ3) is 6.57. The van der Waals surface area contributed by atoms with Crippen molar-refractivity contribution in [2.45, 2.75) is 20.3 Å². The standard InChI is InChI=1S/C21H25FN2O4/c1-3-27-18-10-7-16(13-19(18)28-4-2)21(26)24-14-20(25)23-12-11-15-5-8-17(22)9-6-15/h5-10,13H,3-4,11-12,14H2,1-2H3,(H,23,25)(H,24,26). The average Bonchev–Trinajstić information content (AvgIpc) is 2.69. The number of rotatable bonds is 10. The largest absolute Gasteiger partial charge is 0.490 e. The number of hydrogen-bond donors (Lipinski definition) is 2. The second-order valence-electron chi connectivity index (χ2n) is 5.94. The van der Waals surface area contributed by atoms with Crippen LogP contribution >= 0.6 is 0 Å². The van der Waals surface area contributed by atoms with Gasteiger partial charge in [0.15, 0.2) is 11.5 Å². The van der Waals surface area contributed by atoms with Crippen LogP contribution in [0.25, 0.3) is 0 Å². The zero-order valence-electron chi connectivity index (χ0n) is 16.1. The first-order chi connectivity index (χ1) is 13.5. The molecule has 0 radical (unpaired) electrons. The SMILES string of the molecule is CCOc1ccc(C(=O)NCC(=O)NCCc2ccc(F)cc2)cc1OCC. The Morgan fingerprint density at radius 2 is 1.61 bits per heavy atom. The number of halogens is 1. The topological polar surface area (TPSA) is 76.7 Å². The summed E-state index contributed by atoms with van der Waals surface area (Å²) in [5.74, 6) is 0.0848. The molecule has 2 aromatic carbocycles. The molecule has 0 atom stereocenters. The maximum absolute atomic E-state index is 12.9. The summed E-state index contributed by atoms with van der Waals surface area (Å²) in [6.45, 7) is 4.91. The lowest BCUT2D eigenvalue weighted by atomic mass is 10.1. The van der Waals surface area contributed by atoms with Crippen LogP contribution in [0.1, 0.15) is 29.8 Å². The Labute approximate surface area is 164 Å². The van der Waals surface area contributed by atoms with Gasteiger partial charge in [-0.05, 0) is 56.2 Å². The normalized spacial score (nSPS) is 10.2. The van der Waals surface area contributed by atoms with Crippen molar-refractivity contribution in [3.05, 3.63) is 59.4 Å². The smallest absolute Gasteiger partial charge is 0.251 e. The van der Waals surface area contributed by atoms with E-state index in [-0.39, 0.29) is 24.2 Å². The molecule has 0 saturated heterocycles. The Balaban J connectivity index is 1.81. The summed E-state index contributed by atoms with van der Waals surface area (Å²) in [4.78, 5) is 24.2. The minimum Gasteiger partial charge on any atom is -0.490 e. The molecular weight excluding hydrogens is 363 g/mol. The van der Waals surface area contributed by atoms with Gasteiger partial charge in [-0.15, -0.1) is 0 Å². The first kappa shape index (κ1) is 21.2. The maximum atomic E-state index is 12.9. The molecule has 2 aromatic rings. The molecule has 28 heavy (non-hydrogen) atoms. The van der Waals surface area contributed by atoms with Crippen molar-refractivity contribution in [3.8, 4) is 11.5 Å². The zero-order chi connectivity index (χ0) is 20.4. The highest BCUT2D eigenvalue weighted by Gasteiger charge is 2.12. The van der Waals surface area contributed by atoms with Crippen molar-refractivity contribution < 1.29 is 23.5 Å². The van der Waals surface area contributed by atoms with Gasteiger partial charge in [-0.2, -0.15) is 0 Å². The first-order valence-corrected chi connectivity index (χ1v) is 9.22. The molecule has 0 bridgehead atoms. The molecule has 0 aliphatic heterocycles. The third-order valence-electron chi connectivity index (χ3n) is 3.86. The van der Waals surface area contributed by atoms with Gasteiger partial charge in [0.1, 0.15) is 5.82 Å². The summed E-state index contributed by atoms with van der Waals surface area (Å²) in [7, 11) is 0. The van der Waals surface area contributed by atoms with Gasteiger partial charge in [0.2, 0.25) is 5.91 Å². The molecule has 2 amide bonds. The van der Waals surface area contributed by atoms with Crippen LogP contribution in [0.5, 0.6) is 11.5 Å². The number of nitrogens with one attached hydrogen (secondary N) is 2. The predicted molar refractivity (Wildman–Crippen MR) is 104 cm³/mol. The van der Waals surface area contributed by atoms with E-state index in [1.165, 1.54) is 12.1 Å². The van der Waals surface area contributed by atoms with Crippen molar-refractivity contribution in [1.29, 1.82) is 0 Å². The van der Waals surface area contributed by atoms with E-state index in [9.17, 15) is 14.0 Å². The molecule has 0 spiro atoms. The molecule has 6 nitrogen and oxygen atoms in total. The van der Waals surface area contributed by atoms with Crippen molar-refractivity contribution >= 4 is 11.8 Å². The number of ether oxygens (including phenoxy) is 2. The van der Waals surface area contributed by atoms with Gasteiger partial charge >= 0.3 is 0 Å². The Morgan fingerprint density at radius 1 is 0.929 bits per heavy atom. The lowest BCUT2D eigenvalue weighted by molar-refractivity contribution is -0.120. The van der Waals surface area contributed by atoms with E-state index in [0.717, 1.165) is 5.56 Å². The minimum absolute atomic E-state index is 0.139.